The Morgan fingerprint density at radius 2 is 1.95 bits per heavy atom. The Balaban J connectivity index is 2.26. The summed E-state index contributed by atoms with van der Waals surface area (Å²) in [6.07, 6.45) is 0. The van der Waals surface area contributed by atoms with Crippen molar-refractivity contribution in [2.24, 2.45) is 7.05 Å². The third kappa shape index (κ3) is 1.90. The van der Waals surface area contributed by atoms with E-state index in [4.69, 9.17) is 15.5 Å². The van der Waals surface area contributed by atoms with Gasteiger partial charge in [0.25, 0.3) is 0 Å². The maximum Gasteiger partial charge on any atom is 0.141 e. The summed E-state index contributed by atoms with van der Waals surface area (Å²) in [6.45, 7) is 2.06. The molecule has 4 nitrogen and oxygen atoms in total. The van der Waals surface area contributed by atoms with Gasteiger partial charge in [-0.2, -0.15) is 0 Å². The number of ether oxygens (including phenoxy) is 1. The quantitative estimate of drug-likeness (QED) is 0.726. The molecule has 0 atom stereocenters. The molecule has 0 amide bonds. The van der Waals surface area contributed by atoms with Crippen LogP contribution in [0.3, 0.4) is 0 Å². The van der Waals surface area contributed by atoms with Crippen LogP contribution in [0.15, 0.2) is 36.4 Å². The Bertz CT molecular complexity index is 790. The standard InChI is InChI=1S/C16H17N3O/c1-10-4-5-11(17)8-13(10)16-18-14-9-12(20-3)6-7-15(14)19(16)2/h4-9H,17H2,1-3H3. The van der Waals surface area contributed by atoms with E-state index in [1.807, 2.05) is 43.4 Å². The van der Waals surface area contributed by atoms with E-state index in [2.05, 4.69) is 11.5 Å². The fourth-order valence-corrected chi connectivity index (χ4v) is 2.43. The Morgan fingerprint density at radius 1 is 1.15 bits per heavy atom. The molecule has 3 rings (SSSR count). The molecule has 0 saturated heterocycles. The number of nitrogens with two attached hydrogens (primary N) is 1. The molecule has 2 N–H and O–H groups in total. The van der Waals surface area contributed by atoms with Crippen LogP contribution in [0, 0.1) is 6.92 Å². The lowest BCUT2D eigenvalue weighted by atomic mass is 10.1. The average molecular weight is 267 g/mol. The average Bonchev–Trinajstić information content (AvgIpc) is 2.78. The zero-order valence-corrected chi connectivity index (χ0v) is 11.8. The SMILES string of the molecule is COc1ccc2c(c1)nc(-c1cc(N)ccc1C)n2C. The van der Waals surface area contributed by atoms with Gasteiger partial charge < -0.3 is 15.0 Å². The molecule has 1 aromatic heterocycles. The van der Waals surface area contributed by atoms with Crippen molar-refractivity contribution in [3.63, 3.8) is 0 Å². The molecular formula is C16H17N3O. The maximum atomic E-state index is 5.90. The second-order valence-electron chi connectivity index (χ2n) is 4.92. The summed E-state index contributed by atoms with van der Waals surface area (Å²) >= 11 is 0. The smallest absolute Gasteiger partial charge is 0.141 e. The van der Waals surface area contributed by atoms with E-state index in [1.54, 1.807) is 7.11 Å². The monoisotopic (exact) mass is 267 g/mol. The number of fused-ring (bicyclic) bond motifs is 1. The summed E-state index contributed by atoms with van der Waals surface area (Å²) in [5, 5.41) is 0. The lowest BCUT2D eigenvalue weighted by Crippen LogP contribution is -1.96. The van der Waals surface area contributed by atoms with E-state index < -0.39 is 0 Å². The molecule has 0 spiro atoms. The Hall–Kier alpha value is -2.49. The largest absolute Gasteiger partial charge is 0.497 e. The summed E-state index contributed by atoms with van der Waals surface area (Å²) in [4.78, 5) is 4.72. The summed E-state index contributed by atoms with van der Waals surface area (Å²) in [5.74, 6) is 1.73. The number of imidazole rings is 1. The first-order valence-corrected chi connectivity index (χ1v) is 6.47. The van der Waals surface area contributed by atoms with Crippen molar-refractivity contribution in [3.05, 3.63) is 42.0 Å². The van der Waals surface area contributed by atoms with Crippen LogP contribution >= 0.6 is 0 Å². The molecule has 0 bridgehead atoms. The third-order valence-electron chi connectivity index (χ3n) is 3.59. The number of anilines is 1. The minimum atomic E-state index is 0.746. The summed E-state index contributed by atoms with van der Waals surface area (Å²) in [7, 11) is 3.67. The van der Waals surface area contributed by atoms with Gasteiger partial charge >= 0.3 is 0 Å². The van der Waals surface area contributed by atoms with Crippen molar-refractivity contribution in [2.45, 2.75) is 6.92 Å². The lowest BCUT2D eigenvalue weighted by molar-refractivity contribution is 0.415. The van der Waals surface area contributed by atoms with E-state index in [9.17, 15) is 0 Å². The van der Waals surface area contributed by atoms with Gasteiger partial charge in [0.2, 0.25) is 0 Å². The van der Waals surface area contributed by atoms with Gasteiger partial charge in [-0.05, 0) is 36.8 Å². The summed E-state index contributed by atoms with van der Waals surface area (Å²) in [5.41, 5.74) is 10.9. The first-order chi connectivity index (χ1) is 9.60. The van der Waals surface area contributed by atoms with Crippen LogP contribution in [0.4, 0.5) is 5.69 Å². The van der Waals surface area contributed by atoms with Crippen LogP contribution in [0.1, 0.15) is 5.56 Å². The highest BCUT2D eigenvalue weighted by Crippen LogP contribution is 2.29. The van der Waals surface area contributed by atoms with Crippen molar-refractivity contribution in [3.8, 4) is 17.1 Å². The first-order valence-electron chi connectivity index (χ1n) is 6.47. The predicted octanol–water partition coefficient (Wildman–Crippen LogP) is 3.14. The molecule has 1 heterocycles. The van der Waals surface area contributed by atoms with E-state index in [0.29, 0.717) is 0 Å². The molecule has 0 aliphatic rings. The zero-order valence-electron chi connectivity index (χ0n) is 11.8. The van der Waals surface area contributed by atoms with Gasteiger partial charge in [0.15, 0.2) is 0 Å². The fourth-order valence-electron chi connectivity index (χ4n) is 2.43. The van der Waals surface area contributed by atoms with Gasteiger partial charge in [-0.25, -0.2) is 4.98 Å². The van der Waals surface area contributed by atoms with Crippen LogP contribution in [-0.2, 0) is 7.05 Å². The van der Waals surface area contributed by atoms with E-state index in [0.717, 1.165) is 39.4 Å². The molecule has 0 radical (unpaired) electrons. The van der Waals surface area contributed by atoms with Crippen molar-refractivity contribution in [1.29, 1.82) is 0 Å². The number of benzene rings is 2. The zero-order chi connectivity index (χ0) is 14.3. The number of hydrogen-bond donors (Lipinski definition) is 1. The number of hydrogen-bond acceptors (Lipinski definition) is 3. The number of aryl methyl sites for hydroxylation is 2. The third-order valence-corrected chi connectivity index (χ3v) is 3.59. The molecule has 102 valence electrons. The van der Waals surface area contributed by atoms with E-state index in [1.165, 1.54) is 0 Å². The van der Waals surface area contributed by atoms with Crippen LogP contribution < -0.4 is 10.5 Å². The second kappa shape index (κ2) is 4.56. The maximum absolute atomic E-state index is 5.90. The molecule has 0 aliphatic carbocycles. The number of methoxy groups -OCH3 is 1. The minimum absolute atomic E-state index is 0.746. The first kappa shape index (κ1) is 12.5. The fraction of sp³-hybridized carbons (Fsp3) is 0.188. The number of rotatable bonds is 2. The molecular weight excluding hydrogens is 250 g/mol. The topological polar surface area (TPSA) is 53.1 Å². The molecule has 3 aromatic rings. The van der Waals surface area contributed by atoms with Crippen molar-refractivity contribution >= 4 is 16.7 Å². The Labute approximate surface area is 117 Å². The summed E-state index contributed by atoms with van der Waals surface area (Å²) < 4.78 is 7.33. The van der Waals surface area contributed by atoms with Gasteiger partial charge in [-0.15, -0.1) is 0 Å². The number of aromatic nitrogens is 2. The van der Waals surface area contributed by atoms with Gasteiger partial charge in [-0.3, -0.25) is 0 Å². The lowest BCUT2D eigenvalue weighted by Gasteiger charge is -2.07. The minimum Gasteiger partial charge on any atom is -0.497 e. The Kier molecular flexibility index (Phi) is 2.86. The number of nitrogens with zero attached hydrogens (tertiary/aromatic N) is 2. The summed E-state index contributed by atoms with van der Waals surface area (Å²) in [6, 6.07) is 11.8. The molecule has 20 heavy (non-hydrogen) atoms. The van der Waals surface area contributed by atoms with Crippen molar-refractivity contribution in [2.75, 3.05) is 12.8 Å². The van der Waals surface area contributed by atoms with Crippen LogP contribution in [0.5, 0.6) is 5.75 Å². The van der Waals surface area contributed by atoms with Crippen LogP contribution in [0.2, 0.25) is 0 Å². The van der Waals surface area contributed by atoms with E-state index >= 15 is 0 Å². The predicted molar refractivity (Wildman–Crippen MR) is 81.9 cm³/mol. The molecule has 0 saturated carbocycles. The van der Waals surface area contributed by atoms with Crippen molar-refractivity contribution < 1.29 is 4.74 Å². The molecule has 0 aliphatic heterocycles. The molecule has 2 aromatic carbocycles. The van der Waals surface area contributed by atoms with Crippen molar-refractivity contribution in [1.82, 2.24) is 9.55 Å². The highest BCUT2D eigenvalue weighted by atomic mass is 16.5. The molecule has 0 unspecified atom stereocenters. The highest BCUT2D eigenvalue weighted by Gasteiger charge is 2.12. The molecule has 4 heteroatoms. The number of nitrogen functional groups attached to an aromatic ring is 1. The Morgan fingerprint density at radius 3 is 2.70 bits per heavy atom. The molecule has 0 fully saturated rings. The van der Waals surface area contributed by atoms with Crippen LogP contribution in [-0.4, -0.2) is 16.7 Å². The van der Waals surface area contributed by atoms with Gasteiger partial charge in [0, 0.05) is 24.4 Å². The normalized spacial score (nSPS) is 10.9. The second-order valence-corrected chi connectivity index (χ2v) is 4.92. The van der Waals surface area contributed by atoms with Gasteiger partial charge in [0.1, 0.15) is 11.6 Å². The van der Waals surface area contributed by atoms with Gasteiger partial charge in [0.05, 0.1) is 18.1 Å². The van der Waals surface area contributed by atoms with E-state index in [-0.39, 0.29) is 0 Å². The highest BCUT2D eigenvalue weighted by molar-refractivity contribution is 5.83. The van der Waals surface area contributed by atoms with Crippen LogP contribution in [0.25, 0.3) is 22.4 Å². The van der Waals surface area contributed by atoms with Gasteiger partial charge in [-0.1, -0.05) is 6.07 Å².